The molecule has 0 radical (unpaired) electrons. The highest BCUT2D eigenvalue weighted by molar-refractivity contribution is 6.05. The van der Waals surface area contributed by atoms with Gasteiger partial charge in [0.25, 0.3) is 5.91 Å². The molecule has 0 saturated heterocycles. The summed E-state index contributed by atoms with van der Waals surface area (Å²) in [4.78, 5) is 28.3. The molecule has 1 heterocycles. The third-order valence-electron chi connectivity index (χ3n) is 5.50. The number of nitrogens with one attached hydrogen (secondary N) is 1. The summed E-state index contributed by atoms with van der Waals surface area (Å²) in [6.45, 7) is 2.30. The van der Waals surface area contributed by atoms with Crippen molar-refractivity contribution in [3.8, 4) is 16.9 Å². The number of carboxylic acids is 1. The fraction of sp³-hybridized carbons (Fsp3) is 0.107. The van der Waals surface area contributed by atoms with E-state index in [9.17, 15) is 14.7 Å². The maximum atomic E-state index is 12.8. The average Bonchev–Trinajstić information content (AvgIpc) is 2.86. The van der Waals surface area contributed by atoms with Crippen molar-refractivity contribution < 1.29 is 19.4 Å². The second kappa shape index (κ2) is 10.4. The zero-order valence-corrected chi connectivity index (χ0v) is 18.7. The zero-order valence-electron chi connectivity index (χ0n) is 18.7. The van der Waals surface area contributed by atoms with Gasteiger partial charge in [0.05, 0.1) is 12.2 Å². The molecule has 0 fully saturated rings. The molecule has 2 N–H and O–H groups in total. The number of pyridine rings is 1. The van der Waals surface area contributed by atoms with E-state index < -0.39 is 5.97 Å². The normalized spacial score (nSPS) is 10.5. The molecule has 0 aliphatic heterocycles. The molecule has 34 heavy (non-hydrogen) atoms. The van der Waals surface area contributed by atoms with E-state index in [4.69, 9.17) is 4.74 Å². The summed E-state index contributed by atoms with van der Waals surface area (Å²) < 4.78 is 5.80. The van der Waals surface area contributed by atoms with Gasteiger partial charge in [0.1, 0.15) is 5.75 Å². The Bertz CT molecular complexity index is 1300. The maximum Gasteiger partial charge on any atom is 0.337 e. The van der Waals surface area contributed by atoms with E-state index in [-0.39, 0.29) is 11.5 Å². The Morgan fingerprint density at radius 3 is 2.44 bits per heavy atom. The smallest absolute Gasteiger partial charge is 0.337 e. The highest BCUT2D eigenvalue weighted by Gasteiger charge is 2.14. The van der Waals surface area contributed by atoms with E-state index in [0.29, 0.717) is 29.0 Å². The Hall–Kier alpha value is -4.45. The number of carbonyl (C=O) groups excluding carboxylic acids is 1. The lowest BCUT2D eigenvalue weighted by Crippen LogP contribution is -2.12. The predicted octanol–water partition coefficient (Wildman–Crippen LogP) is 5.63. The lowest BCUT2D eigenvalue weighted by molar-refractivity contribution is 0.0695. The first kappa shape index (κ1) is 22.7. The van der Waals surface area contributed by atoms with E-state index in [1.807, 2.05) is 36.4 Å². The van der Waals surface area contributed by atoms with Crippen LogP contribution in [-0.4, -0.2) is 28.6 Å². The molecule has 6 heteroatoms. The van der Waals surface area contributed by atoms with Crippen LogP contribution < -0.4 is 10.1 Å². The lowest BCUT2D eigenvalue weighted by atomic mass is 9.98. The molecule has 0 unspecified atom stereocenters. The topological polar surface area (TPSA) is 88.5 Å². The summed E-state index contributed by atoms with van der Waals surface area (Å²) in [6, 6.07) is 24.4. The Morgan fingerprint density at radius 1 is 0.941 bits per heavy atom. The van der Waals surface area contributed by atoms with Gasteiger partial charge in [-0.15, -0.1) is 0 Å². The number of aromatic nitrogens is 1. The van der Waals surface area contributed by atoms with Crippen LogP contribution in [0.5, 0.6) is 5.75 Å². The fourth-order valence-electron chi connectivity index (χ4n) is 3.63. The third kappa shape index (κ3) is 5.48. The molecule has 0 atom stereocenters. The van der Waals surface area contributed by atoms with Crippen LogP contribution in [0.15, 0.2) is 91.3 Å². The SMILES string of the molecule is Cc1c(C(=O)O)cncc1-c1cccc(C(=O)Nc2ccc(OCCc3ccccc3)cc2)c1. The van der Waals surface area contributed by atoms with Crippen LogP contribution in [0.4, 0.5) is 5.69 Å². The molecule has 0 bridgehead atoms. The number of ether oxygens (including phenoxy) is 1. The van der Waals surface area contributed by atoms with Gasteiger partial charge in [-0.2, -0.15) is 0 Å². The van der Waals surface area contributed by atoms with Gasteiger partial charge >= 0.3 is 5.97 Å². The minimum Gasteiger partial charge on any atom is -0.493 e. The van der Waals surface area contributed by atoms with Crippen molar-refractivity contribution in [3.05, 3.63) is 114 Å². The quantitative estimate of drug-likeness (QED) is 0.362. The largest absolute Gasteiger partial charge is 0.493 e. The first-order valence-electron chi connectivity index (χ1n) is 10.9. The van der Waals surface area contributed by atoms with Gasteiger partial charge in [-0.1, -0.05) is 42.5 Å². The van der Waals surface area contributed by atoms with E-state index in [1.165, 1.54) is 11.8 Å². The molecule has 170 valence electrons. The van der Waals surface area contributed by atoms with E-state index >= 15 is 0 Å². The summed E-state index contributed by atoms with van der Waals surface area (Å²) >= 11 is 0. The van der Waals surface area contributed by atoms with Crippen LogP contribution >= 0.6 is 0 Å². The van der Waals surface area contributed by atoms with Crippen molar-refractivity contribution in [2.75, 3.05) is 11.9 Å². The Labute approximate surface area is 197 Å². The first-order valence-corrected chi connectivity index (χ1v) is 10.9. The van der Waals surface area contributed by atoms with E-state index in [0.717, 1.165) is 17.7 Å². The monoisotopic (exact) mass is 452 g/mol. The molecular weight excluding hydrogens is 428 g/mol. The highest BCUT2D eigenvalue weighted by atomic mass is 16.5. The summed E-state index contributed by atoms with van der Waals surface area (Å²) in [5.41, 5.74) is 4.46. The predicted molar refractivity (Wildman–Crippen MR) is 131 cm³/mol. The summed E-state index contributed by atoms with van der Waals surface area (Å²) in [5, 5.41) is 12.2. The number of hydrogen-bond acceptors (Lipinski definition) is 4. The van der Waals surface area contributed by atoms with Crippen LogP contribution in [0.1, 0.15) is 31.8 Å². The standard InChI is InChI=1S/C28H24N2O4/c1-19-25(17-29-18-26(19)28(32)33)21-8-5-9-22(16-21)27(31)30-23-10-12-24(13-11-23)34-15-14-20-6-3-2-4-7-20/h2-13,16-18H,14-15H2,1H3,(H,30,31)(H,32,33). The van der Waals surface area contributed by atoms with Gasteiger partial charge < -0.3 is 15.2 Å². The van der Waals surface area contributed by atoms with Crippen LogP contribution in [-0.2, 0) is 6.42 Å². The van der Waals surface area contributed by atoms with Crippen LogP contribution in [0.2, 0.25) is 0 Å². The summed E-state index contributed by atoms with van der Waals surface area (Å²) in [6.07, 6.45) is 3.75. The number of anilines is 1. The van der Waals surface area contributed by atoms with Crippen molar-refractivity contribution in [1.82, 2.24) is 4.98 Å². The zero-order chi connectivity index (χ0) is 23.9. The number of amides is 1. The molecule has 0 aliphatic carbocycles. The number of carboxylic acid groups (broad SMARTS) is 1. The fourth-order valence-corrected chi connectivity index (χ4v) is 3.63. The average molecular weight is 453 g/mol. The molecular formula is C28H24N2O4. The molecule has 1 amide bonds. The van der Waals surface area contributed by atoms with Crippen molar-refractivity contribution in [2.45, 2.75) is 13.3 Å². The van der Waals surface area contributed by atoms with Crippen molar-refractivity contribution in [3.63, 3.8) is 0 Å². The summed E-state index contributed by atoms with van der Waals surface area (Å²) in [7, 11) is 0. The lowest BCUT2D eigenvalue weighted by Gasteiger charge is -2.11. The highest BCUT2D eigenvalue weighted by Crippen LogP contribution is 2.26. The number of nitrogens with zero attached hydrogens (tertiary/aromatic N) is 1. The van der Waals surface area contributed by atoms with Crippen LogP contribution in [0, 0.1) is 6.92 Å². The number of rotatable bonds is 8. The molecule has 3 aromatic carbocycles. The number of hydrogen-bond donors (Lipinski definition) is 2. The van der Waals surface area contributed by atoms with Crippen molar-refractivity contribution in [2.24, 2.45) is 0 Å². The van der Waals surface area contributed by atoms with E-state index in [1.54, 1.807) is 43.5 Å². The van der Waals surface area contributed by atoms with Crippen LogP contribution in [0.25, 0.3) is 11.1 Å². The maximum absolute atomic E-state index is 12.8. The minimum absolute atomic E-state index is 0.137. The van der Waals surface area contributed by atoms with Gasteiger partial charge in [-0.05, 0) is 60.0 Å². The molecule has 0 spiro atoms. The Balaban J connectivity index is 1.40. The molecule has 4 rings (SSSR count). The van der Waals surface area contributed by atoms with Crippen molar-refractivity contribution >= 4 is 17.6 Å². The summed E-state index contributed by atoms with van der Waals surface area (Å²) in [5.74, 6) is -0.565. The Kier molecular flexibility index (Phi) is 6.98. The number of benzene rings is 3. The first-order chi connectivity index (χ1) is 16.5. The molecule has 0 saturated carbocycles. The molecule has 6 nitrogen and oxygen atoms in total. The third-order valence-corrected chi connectivity index (χ3v) is 5.50. The molecule has 1 aromatic heterocycles. The van der Waals surface area contributed by atoms with Gasteiger partial charge in [0.2, 0.25) is 0 Å². The molecule has 4 aromatic rings. The van der Waals surface area contributed by atoms with Gasteiger partial charge in [-0.25, -0.2) is 4.79 Å². The minimum atomic E-state index is -1.03. The number of aromatic carboxylic acids is 1. The van der Waals surface area contributed by atoms with Gasteiger partial charge in [0.15, 0.2) is 0 Å². The van der Waals surface area contributed by atoms with E-state index in [2.05, 4.69) is 22.4 Å². The Morgan fingerprint density at radius 2 is 1.71 bits per heavy atom. The van der Waals surface area contributed by atoms with Crippen LogP contribution in [0.3, 0.4) is 0 Å². The number of carbonyl (C=O) groups is 2. The van der Waals surface area contributed by atoms with Crippen molar-refractivity contribution in [1.29, 1.82) is 0 Å². The van der Waals surface area contributed by atoms with Gasteiger partial charge in [-0.3, -0.25) is 9.78 Å². The second-order valence-corrected chi connectivity index (χ2v) is 7.81. The second-order valence-electron chi connectivity index (χ2n) is 7.81. The molecule has 0 aliphatic rings. The van der Waals surface area contributed by atoms with Gasteiger partial charge in [0, 0.05) is 35.6 Å².